The topological polar surface area (TPSA) is 85.9 Å². The monoisotopic (exact) mass is 322 g/mol. The highest BCUT2D eigenvalue weighted by molar-refractivity contribution is 5.99. The SMILES string of the molecule is COc1cccc(OC)c1C(=O)NCCNC(=O)C1CCCO1. The van der Waals surface area contributed by atoms with Crippen LogP contribution in [0, 0.1) is 0 Å². The normalized spacial score (nSPS) is 16.7. The summed E-state index contributed by atoms with van der Waals surface area (Å²) in [4.78, 5) is 24.1. The molecule has 1 fully saturated rings. The maximum absolute atomic E-state index is 12.3. The summed E-state index contributed by atoms with van der Waals surface area (Å²) in [6.07, 6.45) is 1.29. The summed E-state index contributed by atoms with van der Waals surface area (Å²) in [5, 5.41) is 5.49. The molecule has 0 bridgehead atoms. The average Bonchev–Trinajstić information content (AvgIpc) is 3.12. The minimum Gasteiger partial charge on any atom is -0.496 e. The fourth-order valence-electron chi connectivity index (χ4n) is 2.42. The van der Waals surface area contributed by atoms with E-state index < -0.39 is 0 Å². The van der Waals surface area contributed by atoms with Gasteiger partial charge in [0.2, 0.25) is 5.91 Å². The summed E-state index contributed by atoms with van der Waals surface area (Å²) in [5.74, 6) is 0.424. The summed E-state index contributed by atoms with van der Waals surface area (Å²) < 4.78 is 15.7. The Balaban J connectivity index is 1.84. The molecular weight excluding hydrogens is 300 g/mol. The number of benzene rings is 1. The number of amides is 2. The van der Waals surface area contributed by atoms with E-state index in [2.05, 4.69) is 10.6 Å². The first-order valence-corrected chi connectivity index (χ1v) is 7.56. The number of ether oxygens (including phenoxy) is 3. The summed E-state index contributed by atoms with van der Waals surface area (Å²) in [5.41, 5.74) is 0.336. The first kappa shape index (κ1) is 17.1. The van der Waals surface area contributed by atoms with Gasteiger partial charge in [0.05, 0.1) is 14.2 Å². The van der Waals surface area contributed by atoms with Gasteiger partial charge in [-0.1, -0.05) is 6.07 Å². The Morgan fingerprint density at radius 1 is 1.17 bits per heavy atom. The maximum atomic E-state index is 12.3. The largest absolute Gasteiger partial charge is 0.496 e. The zero-order valence-electron chi connectivity index (χ0n) is 13.4. The van der Waals surface area contributed by atoms with Gasteiger partial charge >= 0.3 is 0 Å². The molecule has 1 unspecified atom stereocenters. The highest BCUT2D eigenvalue weighted by Crippen LogP contribution is 2.27. The Morgan fingerprint density at radius 2 is 1.83 bits per heavy atom. The van der Waals surface area contributed by atoms with E-state index in [0.29, 0.717) is 36.8 Å². The zero-order chi connectivity index (χ0) is 16.7. The molecule has 0 aliphatic carbocycles. The minimum atomic E-state index is -0.361. The molecule has 1 aromatic carbocycles. The molecule has 1 aliphatic heterocycles. The van der Waals surface area contributed by atoms with Crippen LogP contribution in [0.5, 0.6) is 11.5 Å². The molecule has 1 aromatic rings. The number of methoxy groups -OCH3 is 2. The van der Waals surface area contributed by atoms with Crippen LogP contribution in [0.3, 0.4) is 0 Å². The van der Waals surface area contributed by atoms with Crippen molar-refractivity contribution in [2.45, 2.75) is 18.9 Å². The fourth-order valence-corrected chi connectivity index (χ4v) is 2.42. The van der Waals surface area contributed by atoms with Crippen molar-refractivity contribution in [3.63, 3.8) is 0 Å². The van der Waals surface area contributed by atoms with Crippen LogP contribution < -0.4 is 20.1 Å². The van der Waals surface area contributed by atoms with Crippen molar-refractivity contribution in [1.29, 1.82) is 0 Å². The van der Waals surface area contributed by atoms with Crippen molar-refractivity contribution in [1.82, 2.24) is 10.6 Å². The number of nitrogens with one attached hydrogen (secondary N) is 2. The van der Waals surface area contributed by atoms with Crippen LogP contribution in [0.1, 0.15) is 23.2 Å². The van der Waals surface area contributed by atoms with Gasteiger partial charge < -0.3 is 24.8 Å². The Morgan fingerprint density at radius 3 is 2.39 bits per heavy atom. The molecule has 1 heterocycles. The second kappa shape index (κ2) is 8.38. The lowest BCUT2D eigenvalue weighted by Gasteiger charge is -2.14. The van der Waals surface area contributed by atoms with Crippen LogP contribution in [0.4, 0.5) is 0 Å². The van der Waals surface area contributed by atoms with E-state index in [9.17, 15) is 9.59 Å². The van der Waals surface area contributed by atoms with Crippen molar-refractivity contribution in [3.05, 3.63) is 23.8 Å². The molecular formula is C16H22N2O5. The van der Waals surface area contributed by atoms with Gasteiger partial charge in [-0.15, -0.1) is 0 Å². The Kier molecular flexibility index (Phi) is 6.22. The molecule has 2 N–H and O–H groups in total. The molecule has 2 amide bonds. The molecule has 2 rings (SSSR count). The lowest BCUT2D eigenvalue weighted by molar-refractivity contribution is -0.129. The molecule has 7 nitrogen and oxygen atoms in total. The second-order valence-electron chi connectivity index (χ2n) is 5.09. The molecule has 23 heavy (non-hydrogen) atoms. The van der Waals surface area contributed by atoms with Crippen molar-refractivity contribution in [3.8, 4) is 11.5 Å². The van der Waals surface area contributed by atoms with Crippen molar-refractivity contribution < 1.29 is 23.8 Å². The van der Waals surface area contributed by atoms with Crippen molar-refractivity contribution in [2.75, 3.05) is 33.9 Å². The van der Waals surface area contributed by atoms with E-state index in [0.717, 1.165) is 12.8 Å². The van der Waals surface area contributed by atoms with Crippen molar-refractivity contribution in [2.24, 2.45) is 0 Å². The predicted molar refractivity (Wildman–Crippen MR) is 83.9 cm³/mol. The van der Waals surface area contributed by atoms with Crippen LogP contribution in [0.2, 0.25) is 0 Å². The molecule has 0 aromatic heterocycles. The number of hydrogen-bond donors (Lipinski definition) is 2. The van der Waals surface area contributed by atoms with E-state index in [1.54, 1.807) is 18.2 Å². The van der Waals surface area contributed by atoms with E-state index in [4.69, 9.17) is 14.2 Å². The molecule has 126 valence electrons. The first-order valence-electron chi connectivity index (χ1n) is 7.56. The van der Waals surface area contributed by atoms with E-state index in [-0.39, 0.29) is 17.9 Å². The van der Waals surface area contributed by atoms with E-state index in [1.165, 1.54) is 14.2 Å². The molecule has 1 aliphatic rings. The standard InChI is InChI=1S/C16H22N2O5/c1-21-11-5-3-6-12(22-2)14(11)16(20)18-9-8-17-15(19)13-7-4-10-23-13/h3,5-6,13H,4,7-10H2,1-2H3,(H,17,19)(H,18,20). The molecule has 1 atom stereocenters. The van der Waals surface area contributed by atoms with E-state index in [1.807, 2.05) is 0 Å². The smallest absolute Gasteiger partial charge is 0.258 e. The lowest BCUT2D eigenvalue weighted by atomic mass is 10.1. The van der Waals surface area contributed by atoms with Gasteiger partial charge in [0.15, 0.2) is 0 Å². The predicted octanol–water partition coefficient (Wildman–Crippen LogP) is 0.729. The van der Waals surface area contributed by atoms with Crippen molar-refractivity contribution >= 4 is 11.8 Å². The highest BCUT2D eigenvalue weighted by Gasteiger charge is 2.23. The highest BCUT2D eigenvalue weighted by atomic mass is 16.5. The van der Waals surface area contributed by atoms with Crippen LogP contribution in [0.15, 0.2) is 18.2 Å². The molecule has 0 spiro atoms. The molecule has 7 heteroatoms. The third-order valence-electron chi connectivity index (χ3n) is 3.59. The molecule has 0 radical (unpaired) electrons. The summed E-state index contributed by atoms with van der Waals surface area (Å²) >= 11 is 0. The van der Waals surface area contributed by atoms with Gasteiger partial charge in [0, 0.05) is 19.7 Å². The average molecular weight is 322 g/mol. The number of hydrogen-bond acceptors (Lipinski definition) is 5. The van der Waals surface area contributed by atoms with E-state index >= 15 is 0 Å². The van der Waals surface area contributed by atoms with Gasteiger partial charge in [-0.3, -0.25) is 9.59 Å². The van der Waals surface area contributed by atoms with Crippen LogP contribution >= 0.6 is 0 Å². The minimum absolute atomic E-state index is 0.133. The summed E-state index contributed by atoms with van der Waals surface area (Å²) in [6, 6.07) is 5.13. The quantitative estimate of drug-likeness (QED) is 0.723. The first-order chi connectivity index (χ1) is 11.2. The Hall–Kier alpha value is -2.28. The number of carbonyl (C=O) groups excluding carboxylic acids is 2. The molecule has 1 saturated heterocycles. The summed E-state index contributed by atoms with van der Waals surface area (Å²) in [6.45, 7) is 1.27. The van der Waals surface area contributed by atoms with Gasteiger partial charge in [0.25, 0.3) is 5.91 Å². The fraction of sp³-hybridized carbons (Fsp3) is 0.500. The summed E-state index contributed by atoms with van der Waals surface area (Å²) in [7, 11) is 2.99. The van der Waals surface area contributed by atoms with Gasteiger partial charge in [-0.2, -0.15) is 0 Å². The van der Waals surface area contributed by atoms with Crippen LogP contribution in [0.25, 0.3) is 0 Å². The zero-order valence-corrected chi connectivity index (χ0v) is 13.4. The molecule has 0 saturated carbocycles. The third kappa shape index (κ3) is 4.35. The van der Waals surface area contributed by atoms with Crippen LogP contribution in [-0.4, -0.2) is 51.8 Å². The van der Waals surface area contributed by atoms with Gasteiger partial charge in [0.1, 0.15) is 23.2 Å². The lowest BCUT2D eigenvalue weighted by Crippen LogP contribution is -2.39. The van der Waals surface area contributed by atoms with Gasteiger partial charge in [-0.05, 0) is 25.0 Å². The number of carbonyl (C=O) groups is 2. The second-order valence-corrected chi connectivity index (χ2v) is 5.09. The Bertz CT molecular complexity index is 533. The Labute approximate surface area is 135 Å². The van der Waals surface area contributed by atoms with Gasteiger partial charge in [-0.25, -0.2) is 0 Å². The maximum Gasteiger partial charge on any atom is 0.258 e. The number of rotatable bonds is 7. The third-order valence-corrected chi connectivity index (χ3v) is 3.59. The van der Waals surface area contributed by atoms with Crippen LogP contribution in [-0.2, 0) is 9.53 Å².